The van der Waals surface area contributed by atoms with Gasteiger partial charge < -0.3 is 9.84 Å². The fraction of sp³-hybridized carbons (Fsp3) is 0.409. The largest absolute Gasteiger partial charge is 0.472 e. The molecule has 1 saturated carbocycles. The minimum atomic E-state index is -3.36. The molecule has 0 amide bonds. The van der Waals surface area contributed by atoms with Crippen LogP contribution in [0.3, 0.4) is 0 Å². The van der Waals surface area contributed by atoms with E-state index in [4.69, 9.17) is 16.3 Å². The number of ether oxygens (including phenoxy) is 1. The van der Waals surface area contributed by atoms with Crippen LogP contribution in [0.2, 0.25) is 5.02 Å². The Morgan fingerprint density at radius 2 is 2.16 bits per heavy atom. The van der Waals surface area contributed by atoms with Crippen molar-refractivity contribution < 1.29 is 18.3 Å². The molecule has 0 radical (unpaired) electrons. The first-order chi connectivity index (χ1) is 14.7. The Morgan fingerprint density at radius 3 is 2.74 bits per heavy atom. The van der Waals surface area contributed by atoms with Gasteiger partial charge in [0, 0.05) is 29.3 Å². The van der Waals surface area contributed by atoms with E-state index in [0.717, 1.165) is 53.5 Å². The Kier molecular flexibility index (Phi) is 7.80. The predicted molar refractivity (Wildman–Crippen MR) is 130 cm³/mol. The van der Waals surface area contributed by atoms with Gasteiger partial charge in [-0.2, -0.15) is 0 Å². The number of sulfonamides is 1. The molecule has 1 fully saturated rings. The van der Waals surface area contributed by atoms with Gasteiger partial charge in [0.05, 0.1) is 17.4 Å². The highest BCUT2D eigenvalue weighted by molar-refractivity contribution is 7.92. The fourth-order valence-electron chi connectivity index (χ4n) is 3.53. The molecule has 168 valence electrons. The molecular weight excluding hydrogens is 456 g/mol. The lowest BCUT2D eigenvalue weighted by atomic mass is 10.0. The van der Waals surface area contributed by atoms with Crippen LogP contribution in [0, 0.1) is 0 Å². The lowest BCUT2D eigenvalue weighted by Crippen LogP contribution is -2.25. The molecule has 0 aliphatic heterocycles. The number of halogens is 1. The molecule has 0 bridgehead atoms. The zero-order valence-corrected chi connectivity index (χ0v) is 20.1. The average Bonchev–Trinajstić information content (AvgIpc) is 3.33. The molecule has 2 aromatic rings. The van der Waals surface area contributed by atoms with Crippen LogP contribution in [0.25, 0.3) is 16.0 Å². The number of anilines is 1. The van der Waals surface area contributed by atoms with Crippen molar-refractivity contribution in [3.05, 3.63) is 46.3 Å². The van der Waals surface area contributed by atoms with Crippen molar-refractivity contribution >= 4 is 50.1 Å². The Labute approximate surface area is 192 Å². The lowest BCUT2D eigenvalue weighted by Gasteiger charge is -2.17. The van der Waals surface area contributed by atoms with Gasteiger partial charge in [0.25, 0.3) is 0 Å². The number of rotatable bonds is 7. The summed E-state index contributed by atoms with van der Waals surface area (Å²) in [7, 11) is -1.67. The molecule has 2 atom stereocenters. The van der Waals surface area contributed by atoms with Crippen LogP contribution in [0.5, 0.6) is 0 Å². The van der Waals surface area contributed by atoms with Gasteiger partial charge in [-0.3, -0.25) is 9.71 Å². The summed E-state index contributed by atoms with van der Waals surface area (Å²) in [6.45, 7) is 2.07. The molecule has 1 aromatic carbocycles. The Balaban J connectivity index is 1.81. The summed E-state index contributed by atoms with van der Waals surface area (Å²) in [5.74, 6) is 0.518. The van der Waals surface area contributed by atoms with Crippen molar-refractivity contribution in [1.29, 1.82) is 0 Å². The van der Waals surface area contributed by atoms with Gasteiger partial charge in [0.15, 0.2) is 0 Å². The molecule has 9 heteroatoms. The third-order valence-corrected chi connectivity index (χ3v) is 6.98. The third kappa shape index (κ3) is 6.32. The van der Waals surface area contributed by atoms with Crippen LogP contribution < -0.4 is 4.72 Å². The number of aliphatic hydroxyl groups is 1. The van der Waals surface area contributed by atoms with E-state index in [1.54, 1.807) is 30.5 Å². The fourth-order valence-corrected chi connectivity index (χ4v) is 5.39. The molecule has 1 heterocycles. The average molecular weight is 483 g/mol. The SMILES string of the molecule is CC/C(=C\C(=NC)OC1CCCC1O)c1csc(-c2ccc(NS(C)(=O)=O)cc2Cl)c1. The highest BCUT2D eigenvalue weighted by Crippen LogP contribution is 2.37. The van der Waals surface area contributed by atoms with Crippen molar-refractivity contribution in [2.45, 2.75) is 44.8 Å². The van der Waals surface area contributed by atoms with Crippen LogP contribution >= 0.6 is 22.9 Å². The van der Waals surface area contributed by atoms with E-state index in [1.165, 1.54) is 0 Å². The summed E-state index contributed by atoms with van der Waals surface area (Å²) in [5.41, 5.74) is 3.38. The van der Waals surface area contributed by atoms with E-state index in [2.05, 4.69) is 28.1 Å². The third-order valence-electron chi connectivity index (χ3n) is 5.10. The highest BCUT2D eigenvalue weighted by atomic mass is 35.5. The maximum absolute atomic E-state index is 11.4. The number of aliphatic hydroxyl groups excluding tert-OH is 1. The van der Waals surface area contributed by atoms with E-state index in [0.29, 0.717) is 16.6 Å². The van der Waals surface area contributed by atoms with Crippen LogP contribution in [0.1, 0.15) is 38.2 Å². The first-order valence-electron chi connectivity index (χ1n) is 10.1. The highest BCUT2D eigenvalue weighted by Gasteiger charge is 2.27. The zero-order valence-electron chi connectivity index (χ0n) is 17.8. The number of nitrogens with one attached hydrogen (secondary N) is 1. The van der Waals surface area contributed by atoms with E-state index in [9.17, 15) is 13.5 Å². The van der Waals surface area contributed by atoms with Crippen molar-refractivity contribution in [2.75, 3.05) is 18.0 Å². The molecule has 6 nitrogen and oxygen atoms in total. The first kappa shape index (κ1) is 23.8. The van der Waals surface area contributed by atoms with Gasteiger partial charge in [0.2, 0.25) is 15.9 Å². The Hall–Kier alpha value is -1.87. The summed E-state index contributed by atoms with van der Waals surface area (Å²) < 4.78 is 31.2. The van der Waals surface area contributed by atoms with E-state index >= 15 is 0 Å². The van der Waals surface area contributed by atoms with Gasteiger partial charge in [-0.15, -0.1) is 11.3 Å². The number of benzene rings is 1. The quantitative estimate of drug-likeness (QED) is 0.419. The van der Waals surface area contributed by atoms with E-state index < -0.39 is 16.1 Å². The summed E-state index contributed by atoms with van der Waals surface area (Å²) >= 11 is 7.99. The van der Waals surface area contributed by atoms with Crippen LogP contribution in [0.4, 0.5) is 5.69 Å². The van der Waals surface area contributed by atoms with Crippen molar-refractivity contribution in [1.82, 2.24) is 0 Å². The molecule has 2 unspecified atom stereocenters. The Morgan fingerprint density at radius 1 is 1.39 bits per heavy atom. The Bertz CT molecular complexity index is 1090. The monoisotopic (exact) mass is 482 g/mol. The van der Waals surface area contributed by atoms with Gasteiger partial charge >= 0.3 is 0 Å². The van der Waals surface area contributed by atoms with E-state index in [1.807, 2.05) is 12.1 Å². The van der Waals surface area contributed by atoms with Gasteiger partial charge in [-0.05, 0) is 66.5 Å². The zero-order chi connectivity index (χ0) is 22.6. The van der Waals surface area contributed by atoms with Gasteiger partial charge in [-0.1, -0.05) is 18.5 Å². The smallest absolute Gasteiger partial charge is 0.229 e. The van der Waals surface area contributed by atoms with Gasteiger partial charge in [0.1, 0.15) is 6.10 Å². The number of allylic oxidation sites excluding steroid dienone is 1. The summed E-state index contributed by atoms with van der Waals surface area (Å²) in [6, 6.07) is 7.17. The minimum absolute atomic E-state index is 0.205. The molecule has 3 rings (SSSR count). The predicted octanol–water partition coefficient (Wildman–Crippen LogP) is 5.19. The molecule has 31 heavy (non-hydrogen) atoms. The topological polar surface area (TPSA) is 88.0 Å². The maximum Gasteiger partial charge on any atom is 0.229 e. The van der Waals surface area contributed by atoms with Gasteiger partial charge in [-0.25, -0.2) is 8.42 Å². The maximum atomic E-state index is 11.4. The molecule has 1 aliphatic carbocycles. The molecule has 1 aliphatic rings. The summed E-state index contributed by atoms with van der Waals surface area (Å²) in [4.78, 5) is 5.23. The molecule has 0 saturated heterocycles. The molecule has 1 aromatic heterocycles. The lowest BCUT2D eigenvalue weighted by molar-refractivity contribution is 0.0535. The number of nitrogens with zero attached hydrogens (tertiary/aromatic N) is 1. The molecular formula is C22H27ClN2O4S2. The van der Waals surface area contributed by atoms with Crippen molar-refractivity contribution in [3.63, 3.8) is 0 Å². The first-order valence-corrected chi connectivity index (χ1v) is 13.2. The van der Waals surface area contributed by atoms with E-state index in [-0.39, 0.29) is 6.10 Å². The number of aliphatic imine (C=N–C) groups is 1. The molecule has 2 N–H and O–H groups in total. The number of hydrogen-bond acceptors (Lipinski definition) is 6. The normalized spacial score (nSPS) is 20.2. The molecule has 0 spiro atoms. The number of hydrogen-bond donors (Lipinski definition) is 2. The van der Waals surface area contributed by atoms with Crippen LogP contribution in [-0.2, 0) is 14.8 Å². The summed E-state index contributed by atoms with van der Waals surface area (Å²) in [6.07, 6.45) is 5.73. The summed E-state index contributed by atoms with van der Waals surface area (Å²) in [5, 5.41) is 12.6. The second-order valence-corrected chi connectivity index (χ2v) is 10.6. The second kappa shape index (κ2) is 10.2. The number of thiophene rings is 1. The minimum Gasteiger partial charge on any atom is -0.472 e. The second-order valence-electron chi connectivity index (χ2n) is 7.51. The van der Waals surface area contributed by atoms with Crippen LogP contribution in [0.15, 0.2) is 40.7 Å². The van der Waals surface area contributed by atoms with Crippen molar-refractivity contribution in [3.8, 4) is 10.4 Å². The standard InChI is InChI=1S/C22H27ClN2O4S2/c1-4-14(11-22(24-2)29-20-7-5-6-19(20)26)15-10-21(30-13-15)17-9-8-16(12-18(17)23)25-31(3,27)28/h8-13,19-20,25-26H,4-7H2,1-3H3/b14-11+,24-22?. The van der Waals surface area contributed by atoms with Crippen LogP contribution in [-0.4, -0.2) is 44.9 Å². The van der Waals surface area contributed by atoms with Crippen molar-refractivity contribution in [2.24, 2.45) is 4.99 Å².